The van der Waals surface area contributed by atoms with Gasteiger partial charge in [0.05, 0.1) is 6.61 Å². The second kappa shape index (κ2) is 8.35. The fraction of sp³-hybridized carbons (Fsp3) is 0.440. The van der Waals surface area contributed by atoms with Crippen molar-refractivity contribution in [2.75, 3.05) is 51.3 Å². The average Bonchev–Trinajstić information content (AvgIpc) is 2.77. The summed E-state index contributed by atoms with van der Waals surface area (Å²) in [4.78, 5) is 31.3. The standard InChI is InChI=1S/C25H29N3O3/c1-26-17-21(16-20-4-2-3-5-22(20)26)18-6-8-19(9-7-18)24(29)27-11-13-28(14-12-27)25(30)23-10-15-31-23/h2-9,21,23H,10-17H2,1H3. The summed E-state index contributed by atoms with van der Waals surface area (Å²) in [5, 5.41) is 0. The molecular weight excluding hydrogens is 390 g/mol. The van der Waals surface area contributed by atoms with Gasteiger partial charge in [0.25, 0.3) is 11.8 Å². The summed E-state index contributed by atoms with van der Waals surface area (Å²) in [6.45, 7) is 3.96. The van der Waals surface area contributed by atoms with E-state index >= 15 is 0 Å². The highest BCUT2D eigenvalue weighted by Gasteiger charge is 2.33. The van der Waals surface area contributed by atoms with Crippen LogP contribution in [0.25, 0.3) is 0 Å². The van der Waals surface area contributed by atoms with Crippen molar-refractivity contribution in [1.29, 1.82) is 0 Å². The molecule has 5 rings (SSSR count). The normalized spacial score (nSPS) is 23.2. The Hall–Kier alpha value is -2.86. The lowest BCUT2D eigenvalue weighted by Gasteiger charge is -2.38. The van der Waals surface area contributed by atoms with Crippen molar-refractivity contribution in [3.8, 4) is 0 Å². The number of ether oxygens (including phenoxy) is 1. The molecule has 3 heterocycles. The van der Waals surface area contributed by atoms with Gasteiger partial charge in [-0.15, -0.1) is 0 Å². The zero-order valence-electron chi connectivity index (χ0n) is 18.0. The number of nitrogens with zero attached hydrogens (tertiary/aromatic N) is 3. The van der Waals surface area contributed by atoms with Gasteiger partial charge >= 0.3 is 0 Å². The number of benzene rings is 2. The summed E-state index contributed by atoms with van der Waals surface area (Å²) in [5.41, 5.74) is 4.68. The molecule has 0 saturated carbocycles. The third-order valence-corrected chi connectivity index (χ3v) is 6.85. The van der Waals surface area contributed by atoms with Crippen LogP contribution in [0.3, 0.4) is 0 Å². The third-order valence-electron chi connectivity index (χ3n) is 6.85. The van der Waals surface area contributed by atoms with E-state index < -0.39 is 0 Å². The Kier molecular flexibility index (Phi) is 5.40. The average molecular weight is 420 g/mol. The van der Waals surface area contributed by atoms with Gasteiger partial charge in [0.15, 0.2) is 0 Å². The van der Waals surface area contributed by atoms with E-state index in [-0.39, 0.29) is 17.9 Å². The van der Waals surface area contributed by atoms with E-state index in [1.165, 1.54) is 16.8 Å². The summed E-state index contributed by atoms with van der Waals surface area (Å²) in [7, 11) is 2.14. The van der Waals surface area contributed by atoms with Crippen molar-refractivity contribution in [3.63, 3.8) is 0 Å². The molecule has 162 valence electrons. The van der Waals surface area contributed by atoms with Gasteiger partial charge in [-0.05, 0) is 35.7 Å². The highest BCUT2D eigenvalue weighted by atomic mass is 16.5. The fourth-order valence-corrected chi connectivity index (χ4v) is 4.88. The van der Waals surface area contributed by atoms with Gasteiger partial charge in [0.1, 0.15) is 6.10 Å². The molecule has 0 radical (unpaired) electrons. The first-order chi connectivity index (χ1) is 15.1. The molecular formula is C25H29N3O3. The Bertz CT molecular complexity index is 962. The summed E-state index contributed by atoms with van der Waals surface area (Å²) in [6.07, 6.45) is 1.57. The quantitative estimate of drug-likeness (QED) is 0.767. The van der Waals surface area contributed by atoms with E-state index in [1.54, 1.807) is 0 Å². The maximum Gasteiger partial charge on any atom is 0.253 e. The van der Waals surface area contributed by atoms with Crippen LogP contribution in [0.1, 0.15) is 33.8 Å². The number of amides is 2. The van der Waals surface area contributed by atoms with Crippen molar-refractivity contribution < 1.29 is 14.3 Å². The SMILES string of the molecule is CN1CC(c2ccc(C(=O)N3CCN(C(=O)C4CCO4)CC3)cc2)Cc2ccccc21. The molecule has 3 aliphatic rings. The van der Waals surface area contributed by atoms with Crippen LogP contribution in [0.15, 0.2) is 48.5 Å². The number of hydrogen-bond donors (Lipinski definition) is 0. The molecule has 6 heteroatoms. The molecule has 0 N–H and O–H groups in total. The van der Waals surface area contributed by atoms with E-state index in [4.69, 9.17) is 4.74 Å². The number of piperazine rings is 1. The summed E-state index contributed by atoms with van der Waals surface area (Å²) in [5.74, 6) is 0.540. The van der Waals surface area contributed by atoms with E-state index in [0.717, 1.165) is 24.9 Å². The second-order valence-corrected chi connectivity index (χ2v) is 8.80. The van der Waals surface area contributed by atoms with Gasteiger partial charge in [-0.25, -0.2) is 0 Å². The lowest BCUT2D eigenvalue weighted by molar-refractivity contribution is -0.157. The Morgan fingerprint density at radius 2 is 1.61 bits per heavy atom. The van der Waals surface area contributed by atoms with E-state index in [0.29, 0.717) is 38.7 Å². The minimum absolute atomic E-state index is 0.0460. The van der Waals surface area contributed by atoms with Gasteiger partial charge in [-0.2, -0.15) is 0 Å². The maximum atomic E-state index is 13.0. The largest absolute Gasteiger partial charge is 0.374 e. The number of carbonyl (C=O) groups is 2. The number of para-hydroxylation sites is 1. The second-order valence-electron chi connectivity index (χ2n) is 8.80. The molecule has 6 nitrogen and oxygen atoms in total. The molecule has 2 aromatic rings. The molecule has 0 aliphatic carbocycles. The van der Waals surface area contributed by atoms with E-state index in [9.17, 15) is 9.59 Å². The molecule has 3 aliphatic heterocycles. The monoisotopic (exact) mass is 419 g/mol. The van der Waals surface area contributed by atoms with Crippen LogP contribution in [0.5, 0.6) is 0 Å². The molecule has 0 bridgehead atoms. The predicted molar refractivity (Wildman–Crippen MR) is 119 cm³/mol. The van der Waals surface area contributed by atoms with Crippen LogP contribution in [-0.2, 0) is 16.0 Å². The smallest absolute Gasteiger partial charge is 0.253 e. The number of likely N-dealkylation sites (N-methyl/N-ethyl adjacent to an activating group) is 1. The Morgan fingerprint density at radius 1 is 0.935 bits per heavy atom. The maximum absolute atomic E-state index is 13.0. The van der Waals surface area contributed by atoms with Gasteiger partial charge in [0, 0.05) is 63.4 Å². The minimum Gasteiger partial charge on any atom is -0.374 e. The summed E-state index contributed by atoms with van der Waals surface area (Å²) >= 11 is 0. The van der Waals surface area contributed by atoms with Gasteiger partial charge in [-0.3, -0.25) is 9.59 Å². The van der Waals surface area contributed by atoms with Crippen molar-refractivity contribution >= 4 is 17.5 Å². The minimum atomic E-state index is -0.263. The number of carbonyl (C=O) groups excluding carboxylic acids is 2. The van der Waals surface area contributed by atoms with Crippen molar-refractivity contribution in [3.05, 3.63) is 65.2 Å². The van der Waals surface area contributed by atoms with Crippen LogP contribution in [0.2, 0.25) is 0 Å². The van der Waals surface area contributed by atoms with Crippen LogP contribution in [0.4, 0.5) is 5.69 Å². The summed E-state index contributed by atoms with van der Waals surface area (Å²) < 4.78 is 5.30. The highest BCUT2D eigenvalue weighted by molar-refractivity contribution is 5.94. The highest BCUT2D eigenvalue weighted by Crippen LogP contribution is 2.33. The first-order valence-corrected chi connectivity index (χ1v) is 11.2. The molecule has 2 saturated heterocycles. The topological polar surface area (TPSA) is 53.1 Å². The van der Waals surface area contributed by atoms with Crippen molar-refractivity contribution in [1.82, 2.24) is 9.80 Å². The fourth-order valence-electron chi connectivity index (χ4n) is 4.88. The van der Waals surface area contributed by atoms with Crippen LogP contribution >= 0.6 is 0 Å². The first kappa shape index (κ1) is 20.1. The van der Waals surface area contributed by atoms with Crippen molar-refractivity contribution in [2.24, 2.45) is 0 Å². The lowest BCUT2D eigenvalue weighted by atomic mass is 9.87. The molecule has 31 heavy (non-hydrogen) atoms. The molecule has 2 amide bonds. The summed E-state index contributed by atoms with van der Waals surface area (Å²) in [6, 6.07) is 16.7. The Balaban J connectivity index is 1.20. The van der Waals surface area contributed by atoms with Crippen LogP contribution < -0.4 is 4.90 Å². The molecule has 2 aromatic carbocycles. The number of rotatable bonds is 3. The zero-order chi connectivity index (χ0) is 21.4. The van der Waals surface area contributed by atoms with E-state index in [2.05, 4.69) is 48.3 Å². The van der Waals surface area contributed by atoms with Gasteiger partial charge in [-0.1, -0.05) is 30.3 Å². The molecule has 2 fully saturated rings. The van der Waals surface area contributed by atoms with Crippen molar-refractivity contribution in [2.45, 2.75) is 24.9 Å². The number of fused-ring (bicyclic) bond motifs is 1. The molecule has 0 aromatic heterocycles. The van der Waals surface area contributed by atoms with Gasteiger partial charge in [0.2, 0.25) is 0 Å². The van der Waals surface area contributed by atoms with Crippen LogP contribution in [-0.4, -0.2) is 74.1 Å². The molecule has 0 spiro atoms. The first-order valence-electron chi connectivity index (χ1n) is 11.2. The number of hydrogen-bond acceptors (Lipinski definition) is 4. The molecule has 2 unspecified atom stereocenters. The lowest BCUT2D eigenvalue weighted by Crippen LogP contribution is -2.54. The number of anilines is 1. The Labute approximate surface area is 183 Å². The van der Waals surface area contributed by atoms with Crippen LogP contribution in [0, 0.1) is 0 Å². The van der Waals surface area contributed by atoms with Gasteiger partial charge < -0.3 is 19.4 Å². The Morgan fingerprint density at radius 3 is 2.29 bits per heavy atom. The van der Waals surface area contributed by atoms with E-state index in [1.807, 2.05) is 21.9 Å². The molecule has 2 atom stereocenters. The zero-order valence-corrected chi connectivity index (χ0v) is 18.0. The predicted octanol–water partition coefficient (Wildman–Crippen LogP) is 2.54. The third kappa shape index (κ3) is 3.92.